The van der Waals surface area contributed by atoms with Gasteiger partial charge < -0.3 is 24.1 Å². The topological polar surface area (TPSA) is 114 Å². The van der Waals surface area contributed by atoms with Crippen LogP contribution in [0.2, 0.25) is 0 Å². The summed E-state index contributed by atoms with van der Waals surface area (Å²) in [6.45, 7) is 1.06. The molecular formula is C27H28N4O6. The number of hydrogen-bond donors (Lipinski definition) is 1. The summed E-state index contributed by atoms with van der Waals surface area (Å²) < 4.78 is 16.8. The Balaban J connectivity index is 1.33. The Morgan fingerprint density at radius 1 is 1.11 bits per heavy atom. The number of methoxy groups -OCH3 is 1. The molecule has 10 heteroatoms. The molecule has 5 rings (SSSR count). The maximum Gasteiger partial charge on any atom is 0.292 e. The molecule has 4 heterocycles. The second-order valence-corrected chi connectivity index (χ2v) is 9.03. The van der Waals surface area contributed by atoms with Crippen molar-refractivity contribution in [2.24, 2.45) is 0 Å². The first-order valence-corrected chi connectivity index (χ1v) is 12.1. The quantitative estimate of drug-likeness (QED) is 0.549. The fourth-order valence-electron chi connectivity index (χ4n) is 4.89. The van der Waals surface area contributed by atoms with Crippen molar-refractivity contribution in [3.8, 4) is 5.75 Å². The van der Waals surface area contributed by atoms with Crippen LogP contribution < -0.4 is 10.1 Å². The number of amides is 3. The Kier molecular flexibility index (Phi) is 6.91. The number of ether oxygens (including phenoxy) is 2. The van der Waals surface area contributed by atoms with Crippen LogP contribution in [-0.2, 0) is 16.1 Å². The van der Waals surface area contributed by atoms with Gasteiger partial charge in [0, 0.05) is 50.4 Å². The number of benzene rings is 1. The summed E-state index contributed by atoms with van der Waals surface area (Å²) in [7, 11) is 1.56. The van der Waals surface area contributed by atoms with Crippen molar-refractivity contribution in [1.29, 1.82) is 0 Å². The highest BCUT2D eigenvalue weighted by Gasteiger charge is 2.54. The minimum Gasteiger partial charge on any atom is -0.497 e. The molecule has 3 aromatic rings. The number of rotatable bonds is 6. The lowest BCUT2D eigenvalue weighted by Crippen LogP contribution is -2.59. The van der Waals surface area contributed by atoms with Gasteiger partial charge in [-0.15, -0.1) is 0 Å². The molecule has 1 spiro atoms. The van der Waals surface area contributed by atoms with E-state index in [1.807, 2.05) is 6.07 Å². The van der Waals surface area contributed by atoms with E-state index < -0.39 is 17.7 Å². The number of pyridine rings is 1. The second-order valence-electron chi connectivity index (χ2n) is 9.03. The number of hydrogen-bond acceptors (Lipinski definition) is 7. The zero-order valence-corrected chi connectivity index (χ0v) is 20.5. The first-order chi connectivity index (χ1) is 18.0. The third-order valence-corrected chi connectivity index (χ3v) is 6.85. The molecule has 3 amide bonds. The molecule has 1 aromatic carbocycles. The van der Waals surface area contributed by atoms with Gasteiger partial charge in [-0.05, 0) is 42.0 Å². The molecule has 0 aliphatic carbocycles. The minimum absolute atomic E-state index is 0.0507. The average molecular weight is 505 g/mol. The number of carbonyl (C=O) groups excluding carboxylic acids is 3. The van der Waals surface area contributed by atoms with Gasteiger partial charge in [-0.1, -0.05) is 12.1 Å². The van der Waals surface area contributed by atoms with E-state index in [2.05, 4.69) is 10.3 Å². The van der Waals surface area contributed by atoms with E-state index in [1.54, 1.807) is 66.9 Å². The Hall–Kier alpha value is -4.18. The third kappa shape index (κ3) is 4.92. The zero-order chi connectivity index (χ0) is 25.8. The summed E-state index contributed by atoms with van der Waals surface area (Å²) in [6.07, 6.45) is 5.48. The molecule has 0 bridgehead atoms. The summed E-state index contributed by atoms with van der Waals surface area (Å²) in [5.41, 5.74) is 0.349. The highest BCUT2D eigenvalue weighted by atomic mass is 16.5. The van der Waals surface area contributed by atoms with Crippen molar-refractivity contribution in [2.45, 2.75) is 31.2 Å². The van der Waals surface area contributed by atoms with Gasteiger partial charge in [0.05, 0.1) is 20.0 Å². The smallest absolute Gasteiger partial charge is 0.292 e. The molecule has 2 aromatic heterocycles. The van der Waals surface area contributed by atoms with E-state index in [0.29, 0.717) is 37.2 Å². The van der Waals surface area contributed by atoms with E-state index >= 15 is 0 Å². The Morgan fingerprint density at radius 3 is 2.65 bits per heavy atom. The standard InChI is InChI=1S/C27H28N4O6/c1-35-21-7-2-6-20(15-21)25(33)30-12-9-27(10-13-30)31(26(34)23-8-4-14-36-23)22(18-37-27)24(32)29-17-19-5-3-11-28-16-19/h2-8,11,14-16,22H,9-10,12-13,17-18H2,1H3,(H,29,32). The SMILES string of the molecule is COc1cccc(C(=O)N2CCC3(CC2)OCC(C(=O)NCc2cccnc2)N3C(=O)c2ccco2)c1. The van der Waals surface area contributed by atoms with Crippen LogP contribution in [0.5, 0.6) is 5.75 Å². The molecule has 10 nitrogen and oxygen atoms in total. The molecule has 2 aliphatic heterocycles. The molecule has 2 fully saturated rings. The Labute approximate surface area is 214 Å². The van der Waals surface area contributed by atoms with Gasteiger partial charge in [0.2, 0.25) is 5.91 Å². The highest BCUT2D eigenvalue weighted by Crippen LogP contribution is 2.39. The molecule has 2 aliphatic rings. The van der Waals surface area contributed by atoms with Crippen molar-refractivity contribution < 1.29 is 28.3 Å². The highest BCUT2D eigenvalue weighted by molar-refractivity contribution is 5.97. The fraction of sp³-hybridized carbons (Fsp3) is 0.333. The van der Waals surface area contributed by atoms with Gasteiger partial charge in [-0.2, -0.15) is 0 Å². The number of nitrogens with one attached hydrogen (secondary N) is 1. The second kappa shape index (κ2) is 10.4. The zero-order valence-electron chi connectivity index (χ0n) is 20.5. The van der Waals surface area contributed by atoms with Crippen molar-refractivity contribution in [3.63, 3.8) is 0 Å². The van der Waals surface area contributed by atoms with Crippen LogP contribution in [0.1, 0.15) is 39.3 Å². The summed E-state index contributed by atoms with van der Waals surface area (Å²) >= 11 is 0. The predicted molar refractivity (Wildman–Crippen MR) is 132 cm³/mol. The Morgan fingerprint density at radius 2 is 1.95 bits per heavy atom. The largest absolute Gasteiger partial charge is 0.497 e. The van der Waals surface area contributed by atoms with Gasteiger partial charge in [0.25, 0.3) is 11.8 Å². The van der Waals surface area contributed by atoms with E-state index in [0.717, 1.165) is 5.56 Å². The number of aromatic nitrogens is 1. The van der Waals surface area contributed by atoms with Crippen molar-refractivity contribution in [1.82, 2.24) is 20.1 Å². The Bertz CT molecular complexity index is 1250. The minimum atomic E-state index is -1.02. The van der Waals surface area contributed by atoms with Crippen molar-refractivity contribution in [3.05, 3.63) is 84.1 Å². The molecule has 1 atom stereocenters. The van der Waals surface area contributed by atoms with Crippen LogP contribution in [0.15, 0.2) is 71.6 Å². The van der Waals surface area contributed by atoms with Crippen LogP contribution in [0.25, 0.3) is 0 Å². The third-order valence-electron chi connectivity index (χ3n) is 6.85. The molecule has 37 heavy (non-hydrogen) atoms. The summed E-state index contributed by atoms with van der Waals surface area (Å²) in [4.78, 5) is 47.2. The number of likely N-dealkylation sites (tertiary alicyclic amines) is 1. The summed E-state index contributed by atoms with van der Waals surface area (Å²) in [5, 5.41) is 2.89. The predicted octanol–water partition coefficient (Wildman–Crippen LogP) is 2.47. The van der Waals surface area contributed by atoms with Gasteiger partial charge in [0.15, 0.2) is 5.76 Å². The van der Waals surface area contributed by atoms with Crippen molar-refractivity contribution in [2.75, 3.05) is 26.8 Å². The van der Waals surface area contributed by atoms with Gasteiger partial charge in [-0.25, -0.2) is 0 Å². The van der Waals surface area contributed by atoms with Crippen LogP contribution in [0, 0.1) is 0 Å². The van der Waals surface area contributed by atoms with E-state index in [9.17, 15) is 14.4 Å². The van der Waals surface area contributed by atoms with E-state index in [4.69, 9.17) is 13.9 Å². The fourth-order valence-corrected chi connectivity index (χ4v) is 4.89. The monoisotopic (exact) mass is 504 g/mol. The normalized spacial score (nSPS) is 18.6. The van der Waals surface area contributed by atoms with Crippen molar-refractivity contribution >= 4 is 17.7 Å². The molecule has 0 saturated carbocycles. The number of furan rings is 1. The summed E-state index contributed by atoms with van der Waals surface area (Å²) in [6, 6.07) is 13.0. The van der Waals surface area contributed by atoms with Crippen LogP contribution in [0.3, 0.4) is 0 Å². The number of nitrogens with zero attached hydrogens (tertiary/aromatic N) is 3. The molecular weight excluding hydrogens is 476 g/mol. The maximum absolute atomic E-state index is 13.5. The molecule has 2 saturated heterocycles. The first kappa shape index (κ1) is 24.5. The molecule has 0 radical (unpaired) electrons. The van der Waals surface area contributed by atoms with Gasteiger partial charge >= 0.3 is 0 Å². The lowest BCUT2D eigenvalue weighted by Gasteiger charge is -2.44. The van der Waals surface area contributed by atoms with Gasteiger partial charge in [-0.3, -0.25) is 24.3 Å². The van der Waals surface area contributed by atoms with E-state index in [1.165, 1.54) is 11.2 Å². The first-order valence-electron chi connectivity index (χ1n) is 12.1. The molecule has 1 unspecified atom stereocenters. The lowest BCUT2D eigenvalue weighted by atomic mass is 9.96. The van der Waals surface area contributed by atoms with Gasteiger partial charge in [0.1, 0.15) is 17.5 Å². The maximum atomic E-state index is 13.5. The lowest BCUT2D eigenvalue weighted by molar-refractivity contribution is -0.128. The van der Waals surface area contributed by atoms with Crippen LogP contribution >= 0.6 is 0 Å². The number of piperidine rings is 1. The van der Waals surface area contributed by atoms with Crippen LogP contribution in [-0.4, -0.2) is 71.1 Å². The summed E-state index contributed by atoms with van der Waals surface area (Å²) in [5.74, 6) is -0.132. The number of carbonyl (C=O) groups is 3. The van der Waals surface area contributed by atoms with Crippen LogP contribution in [0.4, 0.5) is 0 Å². The van der Waals surface area contributed by atoms with E-state index in [-0.39, 0.29) is 30.7 Å². The molecule has 192 valence electrons. The average Bonchev–Trinajstić information content (AvgIpc) is 3.61. The molecule has 1 N–H and O–H groups in total.